The van der Waals surface area contributed by atoms with Gasteiger partial charge in [0.1, 0.15) is 11.4 Å². The molecule has 3 rings (SSSR count). The molecule has 1 saturated heterocycles. The van der Waals surface area contributed by atoms with Crippen LogP contribution in [0.4, 0.5) is 9.18 Å². The Kier molecular flexibility index (Phi) is 5.72. The van der Waals surface area contributed by atoms with Gasteiger partial charge in [-0.05, 0) is 52.5 Å². The number of hydrogen-bond acceptors (Lipinski definition) is 3. The first-order valence-corrected chi connectivity index (χ1v) is 9.76. The summed E-state index contributed by atoms with van der Waals surface area (Å²) in [7, 11) is 0. The minimum atomic E-state index is -0.557. The zero-order chi connectivity index (χ0) is 19.6. The van der Waals surface area contributed by atoms with Gasteiger partial charge < -0.3 is 14.5 Å². The van der Waals surface area contributed by atoms with Gasteiger partial charge in [0.15, 0.2) is 0 Å². The molecule has 2 amide bonds. The fourth-order valence-electron chi connectivity index (χ4n) is 3.49. The number of rotatable bonds is 4. The van der Waals surface area contributed by atoms with E-state index >= 15 is 0 Å². The van der Waals surface area contributed by atoms with E-state index in [0.29, 0.717) is 25.2 Å². The molecule has 1 aromatic carbocycles. The molecular formula is C21H29FN2O3. The lowest BCUT2D eigenvalue weighted by atomic mass is 9.96. The van der Waals surface area contributed by atoms with Gasteiger partial charge in [-0.2, -0.15) is 0 Å². The molecule has 1 aliphatic heterocycles. The van der Waals surface area contributed by atoms with Crippen molar-refractivity contribution >= 4 is 12.0 Å². The smallest absolute Gasteiger partial charge is 0.410 e. The van der Waals surface area contributed by atoms with E-state index in [1.54, 1.807) is 23.1 Å². The van der Waals surface area contributed by atoms with E-state index in [9.17, 15) is 14.0 Å². The Balaban J connectivity index is 1.67. The van der Waals surface area contributed by atoms with Crippen LogP contribution in [0.25, 0.3) is 0 Å². The van der Waals surface area contributed by atoms with Crippen LogP contribution in [-0.4, -0.2) is 46.5 Å². The molecule has 2 fully saturated rings. The molecule has 1 atom stereocenters. The van der Waals surface area contributed by atoms with E-state index in [-0.39, 0.29) is 29.8 Å². The molecule has 148 valence electrons. The number of carbonyl (C=O) groups excluding carboxylic acids is 2. The van der Waals surface area contributed by atoms with Gasteiger partial charge in [-0.25, -0.2) is 9.18 Å². The van der Waals surface area contributed by atoms with E-state index < -0.39 is 5.60 Å². The van der Waals surface area contributed by atoms with Crippen LogP contribution in [0.2, 0.25) is 0 Å². The highest BCUT2D eigenvalue weighted by molar-refractivity contribution is 5.81. The van der Waals surface area contributed by atoms with Crippen LogP contribution < -0.4 is 0 Å². The average molecular weight is 376 g/mol. The quantitative estimate of drug-likeness (QED) is 0.799. The van der Waals surface area contributed by atoms with Crippen LogP contribution in [0.1, 0.15) is 52.0 Å². The summed E-state index contributed by atoms with van der Waals surface area (Å²) in [4.78, 5) is 29.0. The van der Waals surface area contributed by atoms with Gasteiger partial charge in [0.25, 0.3) is 0 Å². The van der Waals surface area contributed by atoms with Crippen molar-refractivity contribution in [2.45, 2.75) is 64.6 Å². The Hall–Kier alpha value is -2.11. The van der Waals surface area contributed by atoms with Crippen molar-refractivity contribution in [3.63, 3.8) is 0 Å². The molecule has 1 heterocycles. The van der Waals surface area contributed by atoms with Gasteiger partial charge in [-0.15, -0.1) is 0 Å². The molecule has 0 bridgehead atoms. The standard InChI is InChI=1S/C21H29FN2O3/c1-21(2,3)27-20(26)23-12-6-8-16(13-23)19(25)24(17-10-11-17)14-15-7-4-5-9-18(15)22/h4-5,7,9,16-17H,6,8,10-14H2,1-3H3. The Bertz CT molecular complexity index is 697. The summed E-state index contributed by atoms with van der Waals surface area (Å²) in [6.07, 6.45) is 3.07. The predicted molar refractivity (Wildman–Crippen MR) is 101 cm³/mol. The highest BCUT2D eigenvalue weighted by atomic mass is 19.1. The molecule has 5 nitrogen and oxygen atoms in total. The Morgan fingerprint density at radius 2 is 1.93 bits per heavy atom. The topological polar surface area (TPSA) is 49.9 Å². The van der Waals surface area contributed by atoms with Crippen molar-refractivity contribution in [3.05, 3.63) is 35.6 Å². The van der Waals surface area contributed by atoms with E-state index in [4.69, 9.17) is 4.74 Å². The molecule has 0 spiro atoms. The number of amides is 2. The number of piperidine rings is 1. The van der Waals surface area contributed by atoms with Gasteiger partial charge in [0.2, 0.25) is 5.91 Å². The molecule has 0 radical (unpaired) electrons. The zero-order valence-electron chi connectivity index (χ0n) is 16.4. The zero-order valence-corrected chi connectivity index (χ0v) is 16.4. The summed E-state index contributed by atoms with van der Waals surface area (Å²) < 4.78 is 19.5. The third-order valence-electron chi connectivity index (χ3n) is 4.99. The lowest BCUT2D eigenvalue weighted by Gasteiger charge is -2.36. The molecule has 0 aromatic heterocycles. The maximum absolute atomic E-state index is 14.1. The largest absolute Gasteiger partial charge is 0.444 e. The van der Waals surface area contributed by atoms with Crippen LogP contribution in [-0.2, 0) is 16.1 Å². The second kappa shape index (κ2) is 7.87. The maximum atomic E-state index is 14.1. The van der Waals surface area contributed by atoms with E-state index in [1.165, 1.54) is 6.07 Å². The third-order valence-corrected chi connectivity index (χ3v) is 4.99. The van der Waals surface area contributed by atoms with Gasteiger partial charge in [0.05, 0.1) is 5.92 Å². The summed E-state index contributed by atoms with van der Waals surface area (Å²) in [5.41, 5.74) is -0.0172. The van der Waals surface area contributed by atoms with Crippen molar-refractivity contribution in [2.24, 2.45) is 5.92 Å². The molecule has 2 aliphatic rings. The van der Waals surface area contributed by atoms with Gasteiger partial charge in [-0.3, -0.25) is 4.79 Å². The summed E-state index contributed by atoms with van der Waals surface area (Å²) in [6, 6.07) is 6.79. The third kappa shape index (κ3) is 5.21. The number of hydrogen-bond donors (Lipinski definition) is 0. The number of benzene rings is 1. The first kappa shape index (κ1) is 19.6. The highest BCUT2D eigenvalue weighted by Gasteiger charge is 2.38. The first-order valence-electron chi connectivity index (χ1n) is 9.76. The van der Waals surface area contributed by atoms with Crippen LogP contribution in [0, 0.1) is 11.7 Å². The Morgan fingerprint density at radius 3 is 2.56 bits per heavy atom. The summed E-state index contributed by atoms with van der Waals surface area (Å²) in [5.74, 6) is -0.511. The summed E-state index contributed by atoms with van der Waals surface area (Å²) in [6.45, 7) is 6.77. The minimum Gasteiger partial charge on any atom is -0.444 e. The number of ether oxygens (including phenoxy) is 1. The molecule has 0 N–H and O–H groups in total. The minimum absolute atomic E-state index is 0.0222. The number of likely N-dealkylation sites (tertiary alicyclic amines) is 1. The van der Waals surface area contributed by atoms with Crippen molar-refractivity contribution < 1.29 is 18.7 Å². The fourth-order valence-corrected chi connectivity index (χ4v) is 3.49. The SMILES string of the molecule is CC(C)(C)OC(=O)N1CCCC(C(=O)N(Cc2ccccc2F)C2CC2)C1. The molecular weight excluding hydrogens is 347 g/mol. The Morgan fingerprint density at radius 1 is 1.22 bits per heavy atom. The molecule has 1 aliphatic carbocycles. The normalized spacial score (nSPS) is 20.3. The van der Waals surface area contributed by atoms with E-state index in [1.807, 2.05) is 25.7 Å². The first-order chi connectivity index (χ1) is 12.7. The van der Waals surface area contributed by atoms with Crippen LogP contribution in [0.3, 0.4) is 0 Å². The maximum Gasteiger partial charge on any atom is 0.410 e. The van der Waals surface area contributed by atoms with Gasteiger partial charge in [-0.1, -0.05) is 18.2 Å². The van der Waals surface area contributed by atoms with Crippen LogP contribution in [0.5, 0.6) is 0 Å². The number of nitrogens with zero attached hydrogens (tertiary/aromatic N) is 2. The lowest BCUT2D eigenvalue weighted by Crippen LogP contribution is -2.48. The van der Waals surface area contributed by atoms with Crippen LogP contribution >= 0.6 is 0 Å². The number of halogens is 1. The summed E-state index contributed by atoms with van der Waals surface area (Å²) in [5, 5.41) is 0. The molecule has 1 unspecified atom stereocenters. The monoisotopic (exact) mass is 376 g/mol. The highest BCUT2D eigenvalue weighted by Crippen LogP contribution is 2.32. The van der Waals surface area contributed by atoms with Gasteiger partial charge in [0, 0.05) is 31.2 Å². The van der Waals surface area contributed by atoms with Crippen molar-refractivity contribution in [1.82, 2.24) is 9.80 Å². The second-order valence-electron chi connectivity index (χ2n) is 8.55. The fraction of sp³-hybridized carbons (Fsp3) is 0.619. The van der Waals surface area contributed by atoms with Gasteiger partial charge >= 0.3 is 6.09 Å². The Labute approximate surface area is 160 Å². The van der Waals surface area contributed by atoms with Crippen molar-refractivity contribution in [1.29, 1.82) is 0 Å². The molecule has 1 aromatic rings. The van der Waals surface area contributed by atoms with E-state index in [0.717, 1.165) is 25.7 Å². The van der Waals surface area contributed by atoms with Crippen molar-refractivity contribution in [3.8, 4) is 0 Å². The van der Waals surface area contributed by atoms with Crippen molar-refractivity contribution in [2.75, 3.05) is 13.1 Å². The van der Waals surface area contributed by atoms with E-state index in [2.05, 4.69) is 0 Å². The molecule has 1 saturated carbocycles. The molecule has 6 heteroatoms. The second-order valence-corrected chi connectivity index (χ2v) is 8.55. The lowest BCUT2D eigenvalue weighted by molar-refractivity contribution is -0.138. The number of carbonyl (C=O) groups is 2. The average Bonchev–Trinajstić information content (AvgIpc) is 3.44. The summed E-state index contributed by atoms with van der Waals surface area (Å²) >= 11 is 0. The molecule has 27 heavy (non-hydrogen) atoms. The van der Waals surface area contributed by atoms with Crippen LogP contribution in [0.15, 0.2) is 24.3 Å². The predicted octanol–water partition coefficient (Wildman–Crippen LogP) is 3.96.